The van der Waals surface area contributed by atoms with Crippen LogP contribution in [0.25, 0.3) is 0 Å². The van der Waals surface area contributed by atoms with Gasteiger partial charge in [0.1, 0.15) is 0 Å². The zero-order chi connectivity index (χ0) is 14.2. The Bertz CT molecular complexity index is 400. The van der Waals surface area contributed by atoms with Crippen molar-refractivity contribution >= 4 is 0 Å². The first-order valence-electron chi connectivity index (χ1n) is 6.78. The maximum atomic E-state index is 8.16. The fraction of sp³-hybridized carbons (Fsp3) is 0.455. The van der Waals surface area contributed by atoms with Gasteiger partial charge in [-0.2, -0.15) is 0 Å². The molecule has 0 spiro atoms. The largest absolute Gasteiger partial charge is 0.306 e. The van der Waals surface area contributed by atoms with Gasteiger partial charge in [-0.05, 0) is 32.9 Å². The molecule has 0 radical (unpaired) electrons. The summed E-state index contributed by atoms with van der Waals surface area (Å²) in [4.78, 5) is 1.10. The second-order valence-electron chi connectivity index (χ2n) is 2.73. The smallest absolute Gasteiger partial charge is 0.0467 e. The Morgan fingerprint density at radius 1 is 1.50 bits per heavy atom. The van der Waals surface area contributed by atoms with E-state index >= 15 is 0 Å². The van der Waals surface area contributed by atoms with Crippen molar-refractivity contribution in [2.24, 2.45) is 0 Å². The Balaban J connectivity index is 3.39. The van der Waals surface area contributed by atoms with Gasteiger partial charge in [0.15, 0.2) is 0 Å². The van der Waals surface area contributed by atoms with Gasteiger partial charge < -0.3 is 4.90 Å². The Morgan fingerprint density at radius 3 is 2.67 bits per heavy atom. The molecule has 12 heavy (non-hydrogen) atoms. The highest BCUT2D eigenvalue weighted by Crippen LogP contribution is 2.05. The number of hydrogen-bond acceptors (Lipinski definition) is 1. The molecule has 0 saturated carbocycles. The average Bonchev–Trinajstić information content (AvgIpc) is 2.27. The van der Waals surface area contributed by atoms with Crippen LogP contribution in [0.4, 0.5) is 0 Å². The van der Waals surface area contributed by atoms with E-state index in [-0.39, 0.29) is 5.56 Å². The van der Waals surface area contributed by atoms with Crippen LogP contribution in [0.2, 0.25) is 0 Å². The van der Waals surface area contributed by atoms with Crippen LogP contribution in [-0.4, -0.2) is 25.0 Å². The van der Waals surface area contributed by atoms with E-state index in [9.17, 15) is 0 Å². The van der Waals surface area contributed by atoms with Crippen LogP contribution in [0.15, 0.2) is 30.3 Å². The summed E-state index contributed by atoms with van der Waals surface area (Å²) in [5.74, 6) is 0. The van der Waals surface area contributed by atoms with Crippen molar-refractivity contribution in [2.75, 3.05) is 14.1 Å². The standard InChI is InChI=1S/C11H17N/c1-10(12(2)3)9-11-7-5-4-6-8-11/h4-8,10H,9H2,1-3H3/i1D3,9D2,10D. The lowest BCUT2D eigenvalue weighted by atomic mass is 10.1. The predicted octanol–water partition coefficient (Wildman–Crippen LogP) is 2.18. The molecule has 1 aromatic carbocycles. The van der Waals surface area contributed by atoms with Crippen molar-refractivity contribution in [1.82, 2.24) is 4.90 Å². The molecule has 0 aliphatic carbocycles. The fourth-order valence-electron chi connectivity index (χ4n) is 0.770. The number of hydrogen-bond donors (Lipinski definition) is 0. The molecule has 1 aromatic rings. The molecule has 0 N–H and O–H groups in total. The van der Waals surface area contributed by atoms with Gasteiger partial charge in [0.05, 0.1) is 0 Å². The number of likely N-dealkylation sites (N-methyl/N-ethyl adjacent to an activating group) is 1. The van der Waals surface area contributed by atoms with Gasteiger partial charge in [-0.15, -0.1) is 0 Å². The van der Waals surface area contributed by atoms with Gasteiger partial charge >= 0.3 is 0 Å². The lowest BCUT2D eigenvalue weighted by Crippen LogP contribution is -2.26. The third kappa shape index (κ3) is 2.67. The van der Waals surface area contributed by atoms with Gasteiger partial charge in [0.25, 0.3) is 0 Å². The summed E-state index contributed by atoms with van der Waals surface area (Å²) in [6.07, 6.45) is -2.32. The van der Waals surface area contributed by atoms with E-state index in [2.05, 4.69) is 0 Å². The number of benzene rings is 1. The molecule has 66 valence electrons. The summed E-state index contributed by atoms with van der Waals surface area (Å²) in [5, 5.41) is 0. The summed E-state index contributed by atoms with van der Waals surface area (Å²) >= 11 is 0. The van der Waals surface area contributed by atoms with Crippen molar-refractivity contribution in [2.45, 2.75) is 19.2 Å². The highest BCUT2D eigenvalue weighted by Gasteiger charge is 2.04. The number of rotatable bonds is 3. The fourth-order valence-corrected chi connectivity index (χ4v) is 0.770. The first-order chi connectivity index (χ1) is 8.05. The molecule has 0 fully saturated rings. The normalized spacial score (nSPS) is 25.6. The zero-order valence-electron chi connectivity index (χ0n) is 13.3. The van der Waals surface area contributed by atoms with Crippen LogP contribution in [0.5, 0.6) is 0 Å². The summed E-state index contributed by atoms with van der Waals surface area (Å²) in [5.41, 5.74) is 0.185. The van der Waals surface area contributed by atoms with Crippen molar-refractivity contribution in [3.63, 3.8) is 0 Å². The molecule has 1 unspecified atom stereocenters. The molecule has 1 rings (SSSR count). The molecule has 0 aromatic heterocycles. The van der Waals surface area contributed by atoms with E-state index in [0.717, 1.165) is 4.90 Å². The van der Waals surface area contributed by atoms with Crippen LogP contribution < -0.4 is 0 Å². The second-order valence-corrected chi connectivity index (χ2v) is 2.73. The Kier molecular flexibility index (Phi) is 1.40. The van der Waals surface area contributed by atoms with E-state index in [1.807, 2.05) is 0 Å². The van der Waals surface area contributed by atoms with Gasteiger partial charge in [-0.25, -0.2) is 0 Å². The van der Waals surface area contributed by atoms with Gasteiger partial charge in [0.2, 0.25) is 0 Å². The lowest BCUT2D eigenvalue weighted by Gasteiger charge is -2.19. The molecule has 1 nitrogen and oxygen atoms in total. The lowest BCUT2D eigenvalue weighted by molar-refractivity contribution is 0.312. The van der Waals surface area contributed by atoms with Crippen molar-refractivity contribution in [3.8, 4) is 0 Å². The predicted molar refractivity (Wildman–Crippen MR) is 53.3 cm³/mol. The number of nitrogens with zero attached hydrogens (tertiary/aromatic N) is 1. The molecule has 0 aliphatic rings. The molecule has 0 aliphatic heterocycles. The van der Waals surface area contributed by atoms with Crippen molar-refractivity contribution in [1.29, 1.82) is 0 Å². The SMILES string of the molecule is [2H]C([2H])([2H])C([2H])(N(C)C)C([2H])([2H])c1ccccc1. The van der Waals surface area contributed by atoms with Crippen molar-refractivity contribution in [3.05, 3.63) is 35.9 Å². The maximum absolute atomic E-state index is 8.16. The molecule has 0 amide bonds. The van der Waals surface area contributed by atoms with E-state index in [0.29, 0.717) is 0 Å². The highest BCUT2D eigenvalue weighted by atomic mass is 15.1. The molecule has 0 saturated heterocycles. The minimum atomic E-state index is -2.77. The molecule has 1 heteroatoms. The van der Waals surface area contributed by atoms with Crippen LogP contribution in [0, 0.1) is 0 Å². The zero-order valence-corrected chi connectivity index (χ0v) is 7.33. The Morgan fingerprint density at radius 2 is 2.17 bits per heavy atom. The third-order valence-electron chi connectivity index (χ3n) is 1.48. The topological polar surface area (TPSA) is 3.24 Å². The minimum absolute atomic E-state index is 0.185. The third-order valence-corrected chi connectivity index (χ3v) is 1.48. The summed E-state index contributed by atoms with van der Waals surface area (Å²) in [6.45, 7) is -2.77. The van der Waals surface area contributed by atoms with Gasteiger partial charge in [0, 0.05) is 14.2 Å². The van der Waals surface area contributed by atoms with E-state index in [4.69, 9.17) is 8.22 Å². The van der Waals surface area contributed by atoms with Crippen molar-refractivity contribution < 1.29 is 8.22 Å². The Labute approximate surface area is 83.4 Å². The van der Waals surface area contributed by atoms with Gasteiger partial charge in [-0.1, -0.05) is 30.3 Å². The van der Waals surface area contributed by atoms with Crippen LogP contribution in [-0.2, 0) is 6.37 Å². The Hall–Kier alpha value is -0.820. The highest BCUT2D eigenvalue weighted by molar-refractivity contribution is 5.15. The first kappa shape index (κ1) is 3.93. The van der Waals surface area contributed by atoms with Crippen LogP contribution in [0.3, 0.4) is 0 Å². The van der Waals surface area contributed by atoms with E-state index in [1.165, 1.54) is 26.2 Å². The monoisotopic (exact) mass is 169 g/mol. The molecule has 1 atom stereocenters. The minimum Gasteiger partial charge on any atom is -0.306 e. The van der Waals surface area contributed by atoms with Crippen LogP contribution >= 0.6 is 0 Å². The molecular weight excluding hydrogens is 146 g/mol. The van der Waals surface area contributed by atoms with E-state index in [1.54, 1.807) is 18.2 Å². The van der Waals surface area contributed by atoms with E-state index < -0.39 is 19.2 Å². The molecule has 0 heterocycles. The average molecular weight is 169 g/mol. The second kappa shape index (κ2) is 4.27. The summed E-state index contributed by atoms with van der Waals surface area (Å²) in [7, 11) is 2.81. The van der Waals surface area contributed by atoms with Crippen LogP contribution in [0.1, 0.15) is 20.6 Å². The first-order valence-corrected chi connectivity index (χ1v) is 3.78. The summed E-state index contributed by atoms with van der Waals surface area (Å²) in [6, 6.07) is 5.63. The van der Waals surface area contributed by atoms with Gasteiger partial charge in [-0.3, -0.25) is 0 Å². The summed E-state index contributed by atoms with van der Waals surface area (Å²) < 4.78 is 46.8. The molecular formula is C11H17N. The quantitative estimate of drug-likeness (QED) is 0.670. The maximum Gasteiger partial charge on any atom is 0.0467 e. The molecule has 0 bridgehead atoms.